The Balaban J connectivity index is 1.77. The third-order valence-corrected chi connectivity index (χ3v) is 4.52. The number of rotatable bonds is 4. The summed E-state index contributed by atoms with van der Waals surface area (Å²) in [5, 5.41) is 2.99. The minimum Gasteiger partial charge on any atom is -0.497 e. The average Bonchev–Trinajstić information content (AvgIpc) is 2.61. The number of fused-ring (bicyclic) bond motifs is 1. The van der Waals surface area contributed by atoms with Crippen molar-refractivity contribution in [3.63, 3.8) is 0 Å². The average molecular weight is 392 g/mol. The van der Waals surface area contributed by atoms with Crippen LogP contribution in [-0.2, 0) is 0 Å². The molecule has 3 rings (SSSR count). The summed E-state index contributed by atoms with van der Waals surface area (Å²) >= 11 is 3.40. The molecular formula is C18H18BrNO4. The number of carbonyl (C=O) groups excluding carboxylic acids is 1. The van der Waals surface area contributed by atoms with Crippen LogP contribution in [0.5, 0.6) is 17.2 Å². The largest absolute Gasteiger partial charge is 0.497 e. The molecule has 0 bridgehead atoms. The number of amides is 1. The molecule has 2 aromatic carbocycles. The Morgan fingerprint density at radius 1 is 1.17 bits per heavy atom. The van der Waals surface area contributed by atoms with Crippen molar-refractivity contribution in [2.24, 2.45) is 0 Å². The summed E-state index contributed by atoms with van der Waals surface area (Å²) in [5.74, 6) is 1.90. The molecule has 1 heterocycles. The van der Waals surface area contributed by atoms with E-state index in [9.17, 15) is 4.79 Å². The van der Waals surface area contributed by atoms with Gasteiger partial charge in [-0.05, 0) is 58.7 Å². The van der Waals surface area contributed by atoms with Gasteiger partial charge in [0, 0.05) is 4.47 Å². The van der Waals surface area contributed by atoms with Crippen LogP contribution in [0.1, 0.15) is 28.9 Å². The molecule has 5 nitrogen and oxygen atoms in total. The van der Waals surface area contributed by atoms with Crippen molar-refractivity contribution >= 4 is 21.8 Å². The second-order valence-electron chi connectivity index (χ2n) is 5.44. The minimum absolute atomic E-state index is 0.175. The third-order valence-electron chi connectivity index (χ3n) is 3.83. The smallest absolute Gasteiger partial charge is 0.253 e. The third kappa shape index (κ3) is 3.48. The Morgan fingerprint density at radius 2 is 1.92 bits per heavy atom. The SMILES string of the molecule is COc1ccc(Br)c(C(=O)NC(C)c2ccc3c(c2)OCCO3)c1. The number of ether oxygens (including phenoxy) is 3. The zero-order valence-corrected chi connectivity index (χ0v) is 15.1. The van der Waals surface area contributed by atoms with E-state index < -0.39 is 0 Å². The van der Waals surface area contributed by atoms with Crippen molar-refractivity contribution in [3.05, 3.63) is 52.0 Å². The van der Waals surface area contributed by atoms with Crippen LogP contribution in [-0.4, -0.2) is 26.2 Å². The topological polar surface area (TPSA) is 56.8 Å². The Bertz CT molecular complexity index is 763. The zero-order valence-electron chi connectivity index (χ0n) is 13.5. The normalized spacial score (nSPS) is 14.0. The van der Waals surface area contributed by atoms with Crippen LogP contribution in [0.3, 0.4) is 0 Å². The molecule has 126 valence electrons. The van der Waals surface area contributed by atoms with Gasteiger partial charge in [0.05, 0.1) is 18.7 Å². The monoisotopic (exact) mass is 391 g/mol. The second kappa shape index (κ2) is 7.13. The maximum absolute atomic E-state index is 12.6. The van der Waals surface area contributed by atoms with Crippen molar-refractivity contribution in [2.75, 3.05) is 20.3 Å². The van der Waals surface area contributed by atoms with Crippen LogP contribution in [0.15, 0.2) is 40.9 Å². The van der Waals surface area contributed by atoms with Gasteiger partial charge < -0.3 is 19.5 Å². The molecule has 0 saturated carbocycles. The standard InChI is InChI=1S/C18H18BrNO4/c1-11(12-3-6-16-17(9-12)24-8-7-23-16)20-18(21)14-10-13(22-2)4-5-15(14)19/h3-6,9-11H,7-8H2,1-2H3,(H,20,21). The summed E-state index contributed by atoms with van der Waals surface area (Å²) in [4.78, 5) is 12.6. The molecule has 24 heavy (non-hydrogen) atoms. The lowest BCUT2D eigenvalue weighted by Crippen LogP contribution is -2.27. The number of carbonyl (C=O) groups is 1. The van der Waals surface area contributed by atoms with Crippen LogP contribution in [0.4, 0.5) is 0 Å². The second-order valence-corrected chi connectivity index (χ2v) is 6.30. The molecule has 0 spiro atoms. The van der Waals surface area contributed by atoms with Crippen LogP contribution < -0.4 is 19.5 Å². The first-order chi connectivity index (χ1) is 11.6. The quantitative estimate of drug-likeness (QED) is 0.862. The van der Waals surface area contributed by atoms with Crippen molar-refractivity contribution in [3.8, 4) is 17.2 Å². The molecule has 1 atom stereocenters. The maximum atomic E-state index is 12.6. The number of halogens is 1. The molecule has 0 radical (unpaired) electrons. The molecule has 6 heteroatoms. The Hall–Kier alpha value is -2.21. The molecule has 0 fully saturated rings. The first-order valence-electron chi connectivity index (χ1n) is 7.62. The van der Waals surface area contributed by atoms with Gasteiger partial charge >= 0.3 is 0 Å². The molecule has 1 aliphatic rings. The summed E-state index contributed by atoms with van der Waals surface area (Å²) < 4.78 is 17.0. The number of hydrogen-bond donors (Lipinski definition) is 1. The van der Waals surface area contributed by atoms with E-state index in [4.69, 9.17) is 14.2 Å². The van der Waals surface area contributed by atoms with Gasteiger partial charge in [-0.1, -0.05) is 6.07 Å². The van der Waals surface area contributed by atoms with E-state index in [2.05, 4.69) is 21.2 Å². The molecule has 1 unspecified atom stereocenters. The van der Waals surface area contributed by atoms with Gasteiger partial charge in [-0.25, -0.2) is 0 Å². The molecular weight excluding hydrogens is 374 g/mol. The number of benzene rings is 2. The molecule has 1 amide bonds. The zero-order chi connectivity index (χ0) is 17.1. The highest BCUT2D eigenvalue weighted by Crippen LogP contribution is 2.32. The van der Waals surface area contributed by atoms with Crippen LogP contribution in [0.2, 0.25) is 0 Å². The Morgan fingerprint density at radius 3 is 2.67 bits per heavy atom. The van der Waals surface area contributed by atoms with E-state index in [1.54, 1.807) is 25.3 Å². The fraction of sp³-hybridized carbons (Fsp3) is 0.278. The summed E-state index contributed by atoms with van der Waals surface area (Å²) in [5.41, 5.74) is 1.48. The lowest BCUT2D eigenvalue weighted by molar-refractivity contribution is 0.0938. The van der Waals surface area contributed by atoms with E-state index in [1.807, 2.05) is 25.1 Å². The maximum Gasteiger partial charge on any atom is 0.253 e. The predicted octanol–water partition coefficient (Wildman–Crippen LogP) is 3.72. The number of methoxy groups -OCH3 is 1. The molecule has 1 N–H and O–H groups in total. The van der Waals surface area contributed by atoms with Crippen LogP contribution in [0, 0.1) is 0 Å². The van der Waals surface area contributed by atoms with Gasteiger partial charge in [0.25, 0.3) is 5.91 Å². The molecule has 2 aromatic rings. The van der Waals surface area contributed by atoms with E-state index >= 15 is 0 Å². The summed E-state index contributed by atoms with van der Waals surface area (Å²) in [7, 11) is 1.57. The molecule has 0 aromatic heterocycles. The van der Waals surface area contributed by atoms with Crippen molar-refractivity contribution in [2.45, 2.75) is 13.0 Å². The van der Waals surface area contributed by atoms with Gasteiger partial charge in [0.15, 0.2) is 11.5 Å². The Labute approximate surface area is 149 Å². The van der Waals surface area contributed by atoms with Gasteiger partial charge in [-0.15, -0.1) is 0 Å². The van der Waals surface area contributed by atoms with Crippen molar-refractivity contribution in [1.29, 1.82) is 0 Å². The van der Waals surface area contributed by atoms with Gasteiger partial charge in [-0.3, -0.25) is 4.79 Å². The predicted molar refractivity (Wildman–Crippen MR) is 94.0 cm³/mol. The number of nitrogens with one attached hydrogen (secondary N) is 1. The molecule has 0 aliphatic carbocycles. The highest BCUT2D eigenvalue weighted by Gasteiger charge is 2.18. The van der Waals surface area contributed by atoms with E-state index in [-0.39, 0.29) is 11.9 Å². The highest BCUT2D eigenvalue weighted by atomic mass is 79.9. The van der Waals surface area contributed by atoms with E-state index in [0.29, 0.717) is 30.3 Å². The lowest BCUT2D eigenvalue weighted by atomic mass is 10.1. The fourth-order valence-electron chi connectivity index (χ4n) is 2.49. The summed E-state index contributed by atoms with van der Waals surface area (Å²) in [6.07, 6.45) is 0. The first kappa shape index (κ1) is 16.6. The molecule has 0 saturated heterocycles. The first-order valence-corrected chi connectivity index (χ1v) is 8.41. The summed E-state index contributed by atoms with van der Waals surface area (Å²) in [6.45, 7) is 3.02. The van der Waals surface area contributed by atoms with Crippen molar-refractivity contribution in [1.82, 2.24) is 5.32 Å². The summed E-state index contributed by atoms with van der Waals surface area (Å²) in [6, 6.07) is 10.8. The highest BCUT2D eigenvalue weighted by molar-refractivity contribution is 9.10. The fourth-order valence-corrected chi connectivity index (χ4v) is 2.92. The van der Waals surface area contributed by atoms with E-state index in [0.717, 1.165) is 15.8 Å². The van der Waals surface area contributed by atoms with Gasteiger partial charge in [0.2, 0.25) is 0 Å². The van der Waals surface area contributed by atoms with Gasteiger partial charge in [0.1, 0.15) is 19.0 Å². The van der Waals surface area contributed by atoms with Crippen LogP contribution >= 0.6 is 15.9 Å². The van der Waals surface area contributed by atoms with Crippen LogP contribution in [0.25, 0.3) is 0 Å². The van der Waals surface area contributed by atoms with E-state index in [1.165, 1.54) is 0 Å². The lowest BCUT2D eigenvalue weighted by Gasteiger charge is -2.21. The Kier molecular flexibility index (Phi) is 4.94. The minimum atomic E-state index is -0.178. The number of hydrogen-bond acceptors (Lipinski definition) is 4. The molecule has 1 aliphatic heterocycles. The van der Waals surface area contributed by atoms with Gasteiger partial charge in [-0.2, -0.15) is 0 Å². The van der Waals surface area contributed by atoms with Crippen molar-refractivity contribution < 1.29 is 19.0 Å².